The van der Waals surface area contributed by atoms with Gasteiger partial charge in [-0.25, -0.2) is 4.68 Å². The fourth-order valence-electron chi connectivity index (χ4n) is 2.89. The van der Waals surface area contributed by atoms with Crippen molar-refractivity contribution >= 4 is 11.7 Å². The van der Waals surface area contributed by atoms with Crippen LogP contribution in [0.25, 0.3) is 5.69 Å². The quantitative estimate of drug-likeness (QED) is 0.562. The number of terminal acetylenes is 1. The van der Waals surface area contributed by atoms with Crippen LogP contribution in [0.2, 0.25) is 0 Å². The third-order valence-electron chi connectivity index (χ3n) is 4.43. The summed E-state index contributed by atoms with van der Waals surface area (Å²) >= 11 is 0. The number of ether oxygens (including phenoxy) is 1. The van der Waals surface area contributed by atoms with Gasteiger partial charge in [0.15, 0.2) is 11.6 Å². The predicted molar refractivity (Wildman–Crippen MR) is 111 cm³/mol. The van der Waals surface area contributed by atoms with E-state index in [1.54, 1.807) is 28.9 Å². The lowest BCUT2D eigenvalue weighted by Gasteiger charge is -2.09. The first kappa shape index (κ1) is 20.0. The summed E-state index contributed by atoms with van der Waals surface area (Å²) in [5, 5.41) is 15.8. The van der Waals surface area contributed by atoms with Crippen molar-refractivity contribution in [3.63, 3.8) is 0 Å². The van der Waals surface area contributed by atoms with E-state index in [9.17, 15) is 4.79 Å². The number of nitrogens with zero attached hydrogens (tertiary/aromatic N) is 2. The zero-order valence-corrected chi connectivity index (χ0v) is 16.3. The highest BCUT2D eigenvalue weighted by molar-refractivity contribution is 5.94. The molecule has 29 heavy (non-hydrogen) atoms. The average Bonchev–Trinajstić information content (AvgIpc) is 3.00. The largest absolute Gasteiger partial charge is 0.451 e. The van der Waals surface area contributed by atoms with Crippen LogP contribution in [-0.2, 0) is 0 Å². The van der Waals surface area contributed by atoms with E-state index in [1.165, 1.54) is 0 Å². The van der Waals surface area contributed by atoms with E-state index in [1.807, 2.05) is 32.0 Å². The molecule has 0 aliphatic rings. The number of nitrogen functional groups attached to an aromatic ring is 1. The highest BCUT2D eigenvalue weighted by atomic mass is 16.5. The molecule has 0 saturated heterocycles. The number of aryl methyl sites for hydroxylation is 1. The Morgan fingerprint density at radius 3 is 2.62 bits per heavy atom. The van der Waals surface area contributed by atoms with Gasteiger partial charge in [0.1, 0.15) is 5.75 Å². The zero-order chi connectivity index (χ0) is 21.0. The molecule has 0 radical (unpaired) electrons. The molecule has 0 fully saturated rings. The first-order chi connectivity index (χ1) is 13.9. The van der Waals surface area contributed by atoms with E-state index in [4.69, 9.17) is 22.0 Å². The maximum Gasteiger partial charge on any atom is 0.251 e. The molecule has 1 aromatic heterocycles. The number of rotatable bonds is 6. The van der Waals surface area contributed by atoms with Crippen LogP contribution < -0.4 is 15.8 Å². The van der Waals surface area contributed by atoms with E-state index in [-0.39, 0.29) is 24.9 Å². The Balaban J connectivity index is 1.83. The normalized spacial score (nSPS) is 10.4. The summed E-state index contributed by atoms with van der Waals surface area (Å²) in [4.78, 5) is 11.9. The van der Waals surface area contributed by atoms with Crippen molar-refractivity contribution in [1.29, 1.82) is 0 Å². The molecule has 2 aromatic carbocycles. The Hall–Kier alpha value is -3.76. The molecular weight excluding hydrogens is 368 g/mol. The third-order valence-corrected chi connectivity index (χ3v) is 4.43. The lowest BCUT2D eigenvalue weighted by Crippen LogP contribution is -2.26. The van der Waals surface area contributed by atoms with Gasteiger partial charge in [0.2, 0.25) is 0 Å². The van der Waals surface area contributed by atoms with E-state index < -0.39 is 0 Å². The molecule has 0 atom stereocenters. The van der Waals surface area contributed by atoms with E-state index in [0.29, 0.717) is 17.1 Å². The minimum Gasteiger partial charge on any atom is -0.451 e. The minimum atomic E-state index is -0.264. The summed E-state index contributed by atoms with van der Waals surface area (Å²) in [7, 11) is 0. The van der Waals surface area contributed by atoms with E-state index >= 15 is 0 Å². The van der Waals surface area contributed by atoms with Crippen LogP contribution >= 0.6 is 0 Å². The fourth-order valence-corrected chi connectivity index (χ4v) is 2.89. The van der Waals surface area contributed by atoms with Crippen molar-refractivity contribution in [2.75, 3.05) is 18.9 Å². The first-order valence-electron chi connectivity index (χ1n) is 9.04. The van der Waals surface area contributed by atoms with Crippen molar-refractivity contribution in [1.82, 2.24) is 15.1 Å². The van der Waals surface area contributed by atoms with Crippen LogP contribution in [0.1, 0.15) is 27.2 Å². The molecule has 0 aliphatic heterocycles. The van der Waals surface area contributed by atoms with Gasteiger partial charge in [-0.15, -0.1) is 11.5 Å². The first-order valence-corrected chi connectivity index (χ1v) is 9.04. The van der Waals surface area contributed by atoms with Gasteiger partial charge in [0, 0.05) is 17.7 Å². The Bertz CT molecular complexity index is 1080. The zero-order valence-electron chi connectivity index (χ0n) is 16.3. The summed E-state index contributed by atoms with van der Waals surface area (Å²) in [6, 6.07) is 12.3. The number of hydrogen-bond acceptors (Lipinski definition) is 5. The average molecular weight is 390 g/mol. The van der Waals surface area contributed by atoms with Gasteiger partial charge in [-0.05, 0) is 61.9 Å². The SMILES string of the molecule is C#Cc1ccc(-n2nc(N)c(Oc3ccc(C(=O)NCCO)cc3)c2C)cc1C. The number of aliphatic hydroxyl groups is 1. The topological polar surface area (TPSA) is 102 Å². The maximum absolute atomic E-state index is 11.9. The Morgan fingerprint density at radius 1 is 1.28 bits per heavy atom. The summed E-state index contributed by atoms with van der Waals surface area (Å²) in [5.41, 5.74) is 9.91. The van der Waals surface area contributed by atoms with Gasteiger partial charge in [-0.1, -0.05) is 5.92 Å². The second-order valence-electron chi connectivity index (χ2n) is 6.46. The number of aromatic nitrogens is 2. The minimum absolute atomic E-state index is 0.111. The molecule has 4 N–H and O–H groups in total. The van der Waals surface area contributed by atoms with Crippen LogP contribution in [0.5, 0.6) is 11.5 Å². The fraction of sp³-hybridized carbons (Fsp3) is 0.182. The molecule has 1 heterocycles. The molecule has 0 unspecified atom stereocenters. The van der Waals surface area contributed by atoms with Gasteiger partial charge in [-0.2, -0.15) is 0 Å². The van der Waals surface area contributed by atoms with E-state index in [0.717, 1.165) is 22.5 Å². The van der Waals surface area contributed by atoms with Crippen molar-refractivity contribution in [3.05, 3.63) is 64.8 Å². The molecule has 0 bridgehead atoms. The summed E-state index contributed by atoms with van der Waals surface area (Å²) in [6.45, 7) is 3.89. The summed E-state index contributed by atoms with van der Waals surface area (Å²) in [6.07, 6.45) is 5.49. The third kappa shape index (κ3) is 4.23. The van der Waals surface area contributed by atoms with Crippen molar-refractivity contribution < 1.29 is 14.6 Å². The number of amides is 1. The van der Waals surface area contributed by atoms with E-state index in [2.05, 4.69) is 16.3 Å². The maximum atomic E-state index is 11.9. The Morgan fingerprint density at radius 2 is 2.00 bits per heavy atom. The number of hydrogen-bond donors (Lipinski definition) is 3. The van der Waals surface area contributed by atoms with Crippen LogP contribution in [0.15, 0.2) is 42.5 Å². The Labute approximate surface area is 169 Å². The molecular formula is C22H22N4O3. The lowest BCUT2D eigenvalue weighted by molar-refractivity contribution is 0.0945. The smallest absolute Gasteiger partial charge is 0.251 e. The van der Waals surface area contributed by atoms with Crippen LogP contribution in [-0.4, -0.2) is 33.9 Å². The second-order valence-corrected chi connectivity index (χ2v) is 6.46. The number of carbonyl (C=O) groups is 1. The molecule has 0 spiro atoms. The summed E-state index contributed by atoms with van der Waals surface area (Å²) in [5.74, 6) is 3.60. The monoisotopic (exact) mass is 390 g/mol. The second kappa shape index (κ2) is 8.50. The van der Waals surface area contributed by atoms with Gasteiger partial charge in [0.25, 0.3) is 5.91 Å². The molecule has 7 heteroatoms. The molecule has 3 aromatic rings. The van der Waals surface area contributed by atoms with Crippen LogP contribution in [0.3, 0.4) is 0 Å². The molecule has 1 amide bonds. The molecule has 148 valence electrons. The standard InChI is InChI=1S/C22H22N4O3/c1-4-16-5-8-18(13-14(16)2)26-15(3)20(21(23)25-26)29-19-9-6-17(7-10-19)22(28)24-11-12-27/h1,5-10,13,27H,11-12H2,2-3H3,(H2,23,25)(H,24,28). The van der Waals surface area contributed by atoms with Gasteiger partial charge >= 0.3 is 0 Å². The van der Waals surface area contributed by atoms with Gasteiger partial charge in [-0.3, -0.25) is 4.79 Å². The van der Waals surface area contributed by atoms with Gasteiger partial charge < -0.3 is 20.9 Å². The van der Waals surface area contributed by atoms with Crippen LogP contribution in [0.4, 0.5) is 5.82 Å². The highest BCUT2D eigenvalue weighted by Gasteiger charge is 2.17. The number of nitrogens with one attached hydrogen (secondary N) is 1. The molecule has 0 saturated carbocycles. The van der Waals surface area contributed by atoms with Crippen molar-refractivity contribution in [2.24, 2.45) is 0 Å². The van der Waals surface area contributed by atoms with Gasteiger partial charge in [0.05, 0.1) is 18.0 Å². The van der Waals surface area contributed by atoms with Crippen LogP contribution in [0, 0.1) is 26.2 Å². The number of carbonyl (C=O) groups excluding carboxylic acids is 1. The number of anilines is 1. The molecule has 0 aliphatic carbocycles. The lowest BCUT2D eigenvalue weighted by atomic mass is 10.1. The number of nitrogens with two attached hydrogens (primary N) is 1. The number of aliphatic hydroxyl groups excluding tert-OH is 1. The Kier molecular flexibility index (Phi) is 5.86. The molecule has 3 rings (SSSR count). The molecule has 7 nitrogen and oxygen atoms in total. The number of benzene rings is 2. The summed E-state index contributed by atoms with van der Waals surface area (Å²) < 4.78 is 7.62. The highest BCUT2D eigenvalue weighted by Crippen LogP contribution is 2.32. The predicted octanol–water partition coefficient (Wildman–Crippen LogP) is 2.57. The van der Waals surface area contributed by atoms with Crippen molar-refractivity contribution in [3.8, 4) is 29.5 Å². The van der Waals surface area contributed by atoms with Crippen molar-refractivity contribution in [2.45, 2.75) is 13.8 Å².